The molecule has 0 saturated carbocycles. The second kappa shape index (κ2) is 9.93. The summed E-state index contributed by atoms with van der Waals surface area (Å²) in [5.74, 6) is 0.779. The number of pyridine rings is 1. The molecule has 8 nitrogen and oxygen atoms in total. The van der Waals surface area contributed by atoms with Gasteiger partial charge in [0, 0.05) is 67.7 Å². The van der Waals surface area contributed by atoms with Gasteiger partial charge < -0.3 is 20.3 Å². The van der Waals surface area contributed by atoms with E-state index in [0.29, 0.717) is 17.7 Å². The Morgan fingerprint density at radius 2 is 1.92 bits per heavy atom. The van der Waals surface area contributed by atoms with E-state index in [9.17, 15) is 9.59 Å². The van der Waals surface area contributed by atoms with E-state index in [1.165, 1.54) is 0 Å². The van der Waals surface area contributed by atoms with Crippen molar-refractivity contribution >= 4 is 23.3 Å². The lowest BCUT2D eigenvalue weighted by molar-refractivity contribution is -0.119. The Bertz CT molecular complexity index is 1470. The van der Waals surface area contributed by atoms with Crippen LogP contribution in [0.2, 0.25) is 0 Å². The molecule has 1 atom stereocenters. The zero-order valence-electron chi connectivity index (χ0n) is 22.6. The van der Waals surface area contributed by atoms with Gasteiger partial charge in [-0.3, -0.25) is 9.59 Å². The van der Waals surface area contributed by atoms with Gasteiger partial charge in [-0.2, -0.15) is 0 Å². The number of carbonyl (C=O) groups excluding carboxylic acids is 2. The van der Waals surface area contributed by atoms with Gasteiger partial charge in [0.05, 0.1) is 5.92 Å². The highest BCUT2D eigenvalue weighted by Crippen LogP contribution is 2.43. The summed E-state index contributed by atoms with van der Waals surface area (Å²) >= 11 is 0. The number of rotatable bonds is 5. The lowest BCUT2D eigenvalue weighted by atomic mass is 9.89. The van der Waals surface area contributed by atoms with E-state index in [2.05, 4.69) is 34.4 Å². The first kappa shape index (κ1) is 25.2. The molecule has 0 radical (unpaired) electrons. The fraction of sp³-hybridized carbons (Fsp3) is 0.355. The molecule has 1 unspecified atom stereocenters. The average Bonchev–Trinajstić information content (AvgIpc) is 3.26. The van der Waals surface area contributed by atoms with Gasteiger partial charge >= 0.3 is 0 Å². The van der Waals surface area contributed by atoms with Crippen molar-refractivity contribution in [2.24, 2.45) is 4.99 Å². The summed E-state index contributed by atoms with van der Waals surface area (Å²) in [6, 6.07) is 15.6. The number of nitrogens with one attached hydrogen (secondary N) is 2. The minimum Gasteiger partial charge on any atom is -0.487 e. The molecule has 200 valence electrons. The van der Waals surface area contributed by atoms with Crippen molar-refractivity contribution in [2.45, 2.75) is 38.7 Å². The van der Waals surface area contributed by atoms with Gasteiger partial charge in [-0.25, -0.2) is 9.98 Å². The van der Waals surface area contributed by atoms with Crippen molar-refractivity contribution in [2.75, 3.05) is 37.6 Å². The number of hydrogen-bond donors (Lipinski definition) is 2. The number of carbonyl (C=O) groups is 2. The van der Waals surface area contributed by atoms with Crippen LogP contribution in [-0.4, -0.2) is 60.8 Å². The minimum absolute atomic E-state index is 0.181. The molecular weight excluding hydrogens is 490 g/mol. The van der Waals surface area contributed by atoms with Crippen LogP contribution in [0, 0.1) is 0 Å². The van der Waals surface area contributed by atoms with Crippen molar-refractivity contribution in [3.8, 4) is 16.9 Å². The maximum Gasteiger partial charge on any atom is 0.255 e. The molecule has 3 aliphatic heterocycles. The second-order valence-electron chi connectivity index (χ2n) is 11.1. The fourth-order valence-corrected chi connectivity index (χ4v) is 5.74. The van der Waals surface area contributed by atoms with E-state index in [4.69, 9.17) is 9.72 Å². The number of nitrogens with zero attached hydrogens (tertiary/aromatic N) is 3. The van der Waals surface area contributed by atoms with Crippen molar-refractivity contribution < 1.29 is 14.3 Å². The van der Waals surface area contributed by atoms with Crippen LogP contribution >= 0.6 is 0 Å². The first-order valence-corrected chi connectivity index (χ1v) is 13.5. The fourth-order valence-electron chi connectivity index (χ4n) is 5.74. The zero-order valence-corrected chi connectivity index (χ0v) is 22.6. The number of hydrogen-bond acceptors (Lipinski definition) is 6. The number of anilines is 1. The molecule has 2 aromatic carbocycles. The molecule has 1 fully saturated rings. The predicted octanol–water partition coefficient (Wildman–Crippen LogP) is 3.73. The van der Waals surface area contributed by atoms with E-state index in [0.717, 1.165) is 65.6 Å². The summed E-state index contributed by atoms with van der Waals surface area (Å²) in [7, 11) is 0. The molecule has 0 aliphatic carbocycles. The standard InChI is InChI=1S/C31H33N5O3/c1-19-23-6-4-5-7-24(23)26(30(38)35-19)18-34-29(37)21-14-22-16-31(2,3)39-28(22)25(15-21)20-8-9-27(33-17-20)36-12-10-32-11-13-36/h4-9,14-15,17,26,32H,10-13,16,18H2,1-3H3,(H,34,37). The van der Waals surface area contributed by atoms with Crippen LogP contribution in [0.1, 0.15) is 53.7 Å². The number of amides is 2. The molecule has 3 aromatic rings. The van der Waals surface area contributed by atoms with E-state index < -0.39 is 5.92 Å². The van der Waals surface area contributed by atoms with Crippen molar-refractivity contribution in [1.82, 2.24) is 15.6 Å². The first-order chi connectivity index (χ1) is 18.8. The summed E-state index contributed by atoms with van der Waals surface area (Å²) < 4.78 is 6.34. The molecule has 0 spiro atoms. The average molecular weight is 524 g/mol. The lowest BCUT2D eigenvalue weighted by Gasteiger charge is -2.28. The van der Waals surface area contributed by atoms with E-state index in [-0.39, 0.29) is 24.0 Å². The molecule has 4 heterocycles. The number of fused-ring (bicyclic) bond motifs is 2. The monoisotopic (exact) mass is 523 g/mol. The van der Waals surface area contributed by atoms with Crippen LogP contribution in [0.3, 0.4) is 0 Å². The third kappa shape index (κ3) is 4.92. The minimum atomic E-state index is -0.508. The Balaban J connectivity index is 1.27. The van der Waals surface area contributed by atoms with Gasteiger partial charge in [0.25, 0.3) is 11.8 Å². The normalized spacial score (nSPS) is 19.6. The van der Waals surface area contributed by atoms with Crippen molar-refractivity contribution in [3.05, 3.63) is 77.0 Å². The number of aromatic nitrogens is 1. The summed E-state index contributed by atoms with van der Waals surface area (Å²) in [5.41, 5.74) is 5.47. The van der Waals surface area contributed by atoms with E-state index in [1.807, 2.05) is 61.7 Å². The molecule has 6 rings (SSSR count). The largest absolute Gasteiger partial charge is 0.487 e. The topological polar surface area (TPSA) is 95.9 Å². The molecule has 3 aliphatic rings. The third-order valence-electron chi connectivity index (χ3n) is 7.69. The predicted molar refractivity (Wildman–Crippen MR) is 152 cm³/mol. The number of ether oxygens (including phenoxy) is 1. The molecule has 2 N–H and O–H groups in total. The Morgan fingerprint density at radius 1 is 1.13 bits per heavy atom. The number of piperazine rings is 1. The smallest absolute Gasteiger partial charge is 0.255 e. The van der Waals surface area contributed by atoms with E-state index in [1.54, 1.807) is 0 Å². The van der Waals surface area contributed by atoms with Crippen LogP contribution in [0.25, 0.3) is 11.1 Å². The number of aliphatic imine (C=N–C) groups is 1. The number of benzene rings is 2. The SMILES string of the molecule is CC1=NC(=O)C(CNC(=O)c2cc3c(c(-c4ccc(N5CCNCC5)nc4)c2)OC(C)(C)C3)c2ccccc21. The van der Waals surface area contributed by atoms with Crippen LogP contribution in [-0.2, 0) is 11.2 Å². The van der Waals surface area contributed by atoms with Crippen LogP contribution in [0.4, 0.5) is 5.82 Å². The zero-order chi connectivity index (χ0) is 27.1. The first-order valence-electron chi connectivity index (χ1n) is 13.5. The van der Waals surface area contributed by atoms with Gasteiger partial charge in [-0.05, 0) is 61.7 Å². The Morgan fingerprint density at radius 3 is 2.69 bits per heavy atom. The molecule has 2 amide bonds. The molecule has 1 saturated heterocycles. The van der Waals surface area contributed by atoms with Crippen molar-refractivity contribution in [3.63, 3.8) is 0 Å². The Kier molecular flexibility index (Phi) is 6.43. The van der Waals surface area contributed by atoms with Gasteiger partial charge in [-0.1, -0.05) is 24.3 Å². The molecule has 0 bridgehead atoms. The van der Waals surface area contributed by atoms with Gasteiger partial charge in [0.15, 0.2) is 0 Å². The molecule has 39 heavy (non-hydrogen) atoms. The Hall–Kier alpha value is -4.04. The molecule has 8 heteroatoms. The third-order valence-corrected chi connectivity index (χ3v) is 7.69. The summed E-state index contributed by atoms with van der Waals surface area (Å²) in [6.07, 6.45) is 2.56. The highest BCUT2D eigenvalue weighted by molar-refractivity contribution is 6.11. The quantitative estimate of drug-likeness (QED) is 0.529. The van der Waals surface area contributed by atoms with Gasteiger partial charge in [0.1, 0.15) is 17.2 Å². The molecular formula is C31H33N5O3. The Labute approximate surface area is 228 Å². The molecule has 1 aromatic heterocycles. The van der Waals surface area contributed by atoms with Crippen molar-refractivity contribution in [1.29, 1.82) is 0 Å². The maximum atomic E-state index is 13.4. The van der Waals surface area contributed by atoms with Crippen LogP contribution < -0.4 is 20.3 Å². The van der Waals surface area contributed by atoms with Gasteiger partial charge in [0.2, 0.25) is 0 Å². The summed E-state index contributed by atoms with van der Waals surface area (Å²) in [6.45, 7) is 9.87. The highest BCUT2D eigenvalue weighted by atomic mass is 16.5. The van der Waals surface area contributed by atoms with E-state index >= 15 is 0 Å². The van der Waals surface area contributed by atoms with Crippen LogP contribution in [0.5, 0.6) is 5.75 Å². The van der Waals surface area contributed by atoms with Gasteiger partial charge in [-0.15, -0.1) is 0 Å². The second-order valence-corrected chi connectivity index (χ2v) is 11.1. The maximum absolute atomic E-state index is 13.4. The highest BCUT2D eigenvalue weighted by Gasteiger charge is 2.34. The van der Waals surface area contributed by atoms with Crippen LogP contribution in [0.15, 0.2) is 59.7 Å². The lowest BCUT2D eigenvalue weighted by Crippen LogP contribution is -2.43. The summed E-state index contributed by atoms with van der Waals surface area (Å²) in [4.78, 5) is 37.4. The summed E-state index contributed by atoms with van der Waals surface area (Å²) in [5, 5.41) is 6.37.